The molecule has 1 aliphatic heterocycles. The molecule has 0 aromatic heterocycles. The lowest BCUT2D eigenvalue weighted by Crippen LogP contribution is -2.27. The van der Waals surface area contributed by atoms with Crippen LogP contribution in [0, 0.1) is 0 Å². The average molecular weight is 218 g/mol. The summed E-state index contributed by atoms with van der Waals surface area (Å²) in [5, 5.41) is 5.96. The lowest BCUT2D eigenvalue weighted by atomic mass is 10.2. The summed E-state index contributed by atoms with van der Waals surface area (Å²) in [6, 6.07) is 9.70. The smallest absolute Gasteiger partial charge is 0.354 e. The first-order valence-corrected chi connectivity index (χ1v) is 5.31. The SMILES string of the molecule is CN(/N=C1\CCCOC1=O)c1ccccc1. The maximum atomic E-state index is 11.4. The van der Waals surface area contributed by atoms with Crippen LogP contribution in [0.1, 0.15) is 12.8 Å². The molecule has 1 saturated heterocycles. The number of rotatable bonds is 2. The Morgan fingerprint density at radius 1 is 1.31 bits per heavy atom. The van der Waals surface area contributed by atoms with Crippen LogP contribution < -0.4 is 5.01 Å². The molecule has 4 nitrogen and oxygen atoms in total. The van der Waals surface area contributed by atoms with Crippen molar-refractivity contribution in [3.05, 3.63) is 30.3 Å². The van der Waals surface area contributed by atoms with Gasteiger partial charge in [0.1, 0.15) is 5.71 Å². The van der Waals surface area contributed by atoms with E-state index < -0.39 is 0 Å². The lowest BCUT2D eigenvalue weighted by molar-refractivity contribution is -0.137. The third kappa shape index (κ3) is 2.39. The second-order valence-electron chi connectivity index (χ2n) is 3.65. The highest BCUT2D eigenvalue weighted by molar-refractivity contribution is 6.37. The van der Waals surface area contributed by atoms with E-state index >= 15 is 0 Å². The Hall–Kier alpha value is -1.84. The first kappa shape index (κ1) is 10.7. The first-order chi connectivity index (χ1) is 7.77. The molecule has 2 rings (SSSR count). The van der Waals surface area contributed by atoms with Gasteiger partial charge in [0.15, 0.2) is 0 Å². The molecular formula is C12H14N2O2. The van der Waals surface area contributed by atoms with Crippen LogP contribution in [-0.2, 0) is 9.53 Å². The van der Waals surface area contributed by atoms with Gasteiger partial charge in [0, 0.05) is 13.5 Å². The Balaban J connectivity index is 2.14. The van der Waals surface area contributed by atoms with Crippen LogP contribution in [0.4, 0.5) is 5.69 Å². The Bertz CT molecular complexity index is 401. The summed E-state index contributed by atoms with van der Waals surface area (Å²) < 4.78 is 4.93. The molecule has 0 spiro atoms. The van der Waals surface area contributed by atoms with Gasteiger partial charge in [0.2, 0.25) is 0 Å². The maximum Gasteiger partial charge on any atom is 0.354 e. The van der Waals surface area contributed by atoms with Gasteiger partial charge in [0.25, 0.3) is 0 Å². The lowest BCUT2D eigenvalue weighted by Gasteiger charge is -2.17. The third-order valence-corrected chi connectivity index (χ3v) is 2.43. The minimum atomic E-state index is -0.297. The summed E-state index contributed by atoms with van der Waals surface area (Å²) in [4.78, 5) is 11.4. The van der Waals surface area contributed by atoms with Gasteiger partial charge in [-0.1, -0.05) is 18.2 Å². The highest BCUT2D eigenvalue weighted by atomic mass is 16.5. The molecule has 0 radical (unpaired) electrons. The predicted molar refractivity (Wildman–Crippen MR) is 62.5 cm³/mol. The number of para-hydroxylation sites is 1. The molecule has 0 N–H and O–H groups in total. The van der Waals surface area contributed by atoms with Gasteiger partial charge in [-0.15, -0.1) is 0 Å². The van der Waals surface area contributed by atoms with Crippen LogP contribution >= 0.6 is 0 Å². The minimum Gasteiger partial charge on any atom is -0.461 e. The van der Waals surface area contributed by atoms with Crippen molar-refractivity contribution in [1.82, 2.24) is 0 Å². The van der Waals surface area contributed by atoms with Gasteiger partial charge in [-0.25, -0.2) is 4.79 Å². The van der Waals surface area contributed by atoms with Crippen molar-refractivity contribution in [3.8, 4) is 0 Å². The number of ether oxygens (including phenoxy) is 1. The van der Waals surface area contributed by atoms with Crippen LogP contribution in [0.25, 0.3) is 0 Å². The number of hydrogen-bond acceptors (Lipinski definition) is 4. The van der Waals surface area contributed by atoms with Crippen molar-refractivity contribution in [1.29, 1.82) is 0 Å². The van der Waals surface area contributed by atoms with Gasteiger partial charge >= 0.3 is 5.97 Å². The summed E-state index contributed by atoms with van der Waals surface area (Å²) in [5.41, 5.74) is 1.45. The van der Waals surface area contributed by atoms with Crippen LogP contribution in [0.15, 0.2) is 35.4 Å². The number of hydrogen-bond donors (Lipinski definition) is 0. The molecule has 0 unspecified atom stereocenters. The zero-order valence-corrected chi connectivity index (χ0v) is 9.22. The van der Waals surface area contributed by atoms with E-state index in [0.29, 0.717) is 18.7 Å². The highest BCUT2D eigenvalue weighted by Gasteiger charge is 2.19. The second-order valence-corrected chi connectivity index (χ2v) is 3.65. The molecule has 1 aromatic rings. The van der Waals surface area contributed by atoms with Crippen LogP contribution in [-0.4, -0.2) is 25.3 Å². The Labute approximate surface area is 94.5 Å². The summed E-state index contributed by atoms with van der Waals surface area (Å²) in [7, 11) is 1.82. The van der Waals surface area contributed by atoms with Crippen molar-refractivity contribution in [2.24, 2.45) is 5.10 Å². The van der Waals surface area contributed by atoms with Gasteiger partial charge < -0.3 is 4.74 Å². The number of anilines is 1. The van der Waals surface area contributed by atoms with Crippen molar-refractivity contribution in [2.75, 3.05) is 18.7 Å². The van der Waals surface area contributed by atoms with Crippen molar-refractivity contribution in [2.45, 2.75) is 12.8 Å². The quantitative estimate of drug-likeness (QED) is 0.561. The van der Waals surface area contributed by atoms with Crippen LogP contribution in [0.3, 0.4) is 0 Å². The highest BCUT2D eigenvalue weighted by Crippen LogP contribution is 2.13. The number of nitrogens with zero attached hydrogens (tertiary/aromatic N) is 2. The fraction of sp³-hybridized carbons (Fsp3) is 0.333. The zero-order chi connectivity index (χ0) is 11.4. The molecule has 1 fully saturated rings. The predicted octanol–water partition coefficient (Wildman–Crippen LogP) is 1.82. The van der Waals surface area contributed by atoms with E-state index in [4.69, 9.17) is 4.74 Å². The number of benzene rings is 1. The standard InChI is InChI=1S/C12H14N2O2/c1-14(10-6-3-2-4-7-10)13-11-8-5-9-16-12(11)15/h2-4,6-7H,5,8-9H2,1H3/b13-11+. The fourth-order valence-corrected chi connectivity index (χ4v) is 1.56. The number of carbonyl (C=O) groups excluding carboxylic acids is 1. The zero-order valence-electron chi connectivity index (χ0n) is 9.22. The molecular weight excluding hydrogens is 204 g/mol. The van der Waals surface area contributed by atoms with Gasteiger partial charge in [-0.05, 0) is 18.6 Å². The summed E-state index contributed by atoms with van der Waals surface area (Å²) in [5.74, 6) is -0.297. The van der Waals surface area contributed by atoms with E-state index in [9.17, 15) is 4.79 Å². The number of carbonyl (C=O) groups is 1. The number of cyclic esters (lactones) is 1. The first-order valence-electron chi connectivity index (χ1n) is 5.31. The molecule has 4 heteroatoms. The Morgan fingerprint density at radius 2 is 2.06 bits per heavy atom. The monoisotopic (exact) mass is 218 g/mol. The van der Waals surface area contributed by atoms with E-state index in [1.54, 1.807) is 5.01 Å². The number of hydrazone groups is 1. The summed E-state index contributed by atoms with van der Waals surface area (Å²) in [6.07, 6.45) is 1.54. The molecule has 0 bridgehead atoms. The largest absolute Gasteiger partial charge is 0.461 e. The minimum absolute atomic E-state index is 0.297. The topological polar surface area (TPSA) is 41.9 Å². The fourth-order valence-electron chi connectivity index (χ4n) is 1.56. The van der Waals surface area contributed by atoms with Crippen molar-refractivity contribution < 1.29 is 9.53 Å². The van der Waals surface area contributed by atoms with Crippen molar-refractivity contribution in [3.63, 3.8) is 0 Å². The van der Waals surface area contributed by atoms with E-state index in [0.717, 1.165) is 12.1 Å². The molecule has 0 saturated carbocycles. The third-order valence-electron chi connectivity index (χ3n) is 2.43. The van der Waals surface area contributed by atoms with E-state index in [2.05, 4.69) is 5.10 Å². The molecule has 1 heterocycles. The molecule has 0 amide bonds. The molecule has 0 atom stereocenters. The summed E-state index contributed by atoms with van der Waals surface area (Å²) >= 11 is 0. The summed E-state index contributed by atoms with van der Waals surface area (Å²) in [6.45, 7) is 0.507. The average Bonchev–Trinajstić information content (AvgIpc) is 2.33. The molecule has 16 heavy (non-hydrogen) atoms. The number of esters is 1. The normalized spacial score (nSPS) is 18.3. The van der Waals surface area contributed by atoms with Gasteiger partial charge in [0.05, 0.1) is 12.3 Å². The maximum absolute atomic E-state index is 11.4. The van der Waals surface area contributed by atoms with Gasteiger partial charge in [-0.3, -0.25) is 5.01 Å². The molecule has 84 valence electrons. The van der Waals surface area contributed by atoms with Crippen LogP contribution in [0.5, 0.6) is 0 Å². The molecule has 1 aliphatic rings. The Morgan fingerprint density at radius 3 is 2.75 bits per heavy atom. The van der Waals surface area contributed by atoms with Gasteiger partial charge in [-0.2, -0.15) is 5.10 Å². The molecule has 0 aliphatic carbocycles. The van der Waals surface area contributed by atoms with E-state index in [1.165, 1.54) is 0 Å². The second kappa shape index (κ2) is 4.79. The van der Waals surface area contributed by atoms with E-state index in [-0.39, 0.29) is 5.97 Å². The molecule has 1 aromatic carbocycles. The van der Waals surface area contributed by atoms with Crippen molar-refractivity contribution >= 4 is 17.4 Å². The van der Waals surface area contributed by atoms with Crippen LogP contribution in [0.2, 0.25) is 0 Å². The van der Waals surface area contributed by atoms with E-state index in [1.807, 2.05) is 37.4 Å². The Kier molecular flexibility index (Phi) is 3.19.